The van der Waals surface area contributed by atoms with Crippen molar-refractivity contribution in [3.05, 3.63) is 105 Å². The summed E-state index contributed by atoms with van der Waals surface area (Å²) < 4.78 is 14.2. The van der Waals surface area contributed by atoms with Crippen molar-refractivity contribution in [2.24, 2.45) is 0 Å². The molecule has 0 aliphatic carbocycles. The quantitative estimate of drug-likeness (QED) is 0.497. The molecule has 0 aliphatic rings. The summed E-state index contributed by atoms with van der Waals surface area (Å²) in [5, 5.41) is 3.50. The first-order chi connectivity index (χ1) is 15.4. The van der Waals surface area contributed by atoms with Crippen LogP contribution in [0.25, 0.3) is 0 Å². The molecule has 0 saturated heterocycles. The van der Waals surface area contributed by atoms with E-state index in [9.17, 15) is 14.0 Å². The molecule has 7 heteroatoms. The van der Waals surface area contributed by atoms with Crippen LogP contribution in [0.3, 0.4) is 0 Å². The molecule has 0 saturated carbocycles. The molecule has 1 N–H and O–H groups in total. The topological polar surface area (TPSA) is 49.4 Å². The number of hydrogen-bond acceptors (Lipinski definition) is 2. The van der Waals surface area contributed by atoms with Crippen LogP contribution in [0.15, 0.2) is 72.8 Å². The lowest BCUT2D eigenvalue weighted by atomic mass is 10.0. The normalized spacial score (nSPS) is 11.6. The van der Waals surface area contributed by atoms with Gasteiger partial charge in [0.05, 0.1) is 6.42 Å². The molecule has 166 valence electrons. The summed E-state index contributed by atoms with van der Waals surface area (Å²) in [4.78, 5) is 27.7. The first kappa shape index (κ1) is 23.8. The van der Waals surface area contributed by atoms with E-state index in [1.807, 2.05) is 30.3 Å². The average Bonchev–Trinajstić information content (AvgIpc) is 2.79. The molecule has 32 heavy (non-hydrogen) atoms. The van der Waals surface area contributed by atoms with Gasteiger partial charge in [-0.2, -0.15) is 0 Å². The summed E-state index contributed by atoms with van der Waals surface area (Å²) in [6.45, 7) is 0.0776. The van der Waals surface area contributed by atoms with Crippen LogP contribution < -0.4 is 5.32 Å². The SMILES string of the molecule is CNC(=O)C(Cc1ccccc1)N(Cc1ccc(Cl)cc1Cl)C(=O)Cc1ccccc1F. The van der Waals surface area contributed by atoms with Gasteiger partial charge in [-0.25, -0.2) is 4.39 Å². The van der Waals surface area contributed by atoms with Crippen molar-refractivity contribution in [2.45, 2.75) is 25.4 Å². The summed E-state index contributed by atoms with van der Waals surface area (Å²) in [6, 6.07) is 19.7. The van der Waals surface area contributed by atoms with Gasteiger partial charge < -0.3 is 10.2 Å². The van der Waals surface area contributed by atoms with Gasteiger partial charge in [0, 0.05) is 30.1 Å². The molecule has 0 aromatic heterocycles. The van der Waals surface area contributed by atoms with Crippen molar-refractivity contribution < 1.29 is 14.0 Å². The Morgan fingerprint density at radius 1 is 0.969 bits per heavy atom. The van der Waals surface area contributed by atoms with E-state index in [1.54, 1.807) is 36.4 Å². The lowest BCUT2D eigenvalue weighted by Gasteiger charge is -2.31. The van der Waals surface area contributed by atoms with Gasteiger partial charge in [0.25, 0.3) is 0 Å². The highest BCUT2D eigenvalue weighted by Gasteiger charge is 2.30. The van der Waals surface area contributed by atoms with Gasteiger partial charge >= 0.3 is 0 Å². The second kappa shape index (κ2) is 11.1. The maximum atomic E-state index is 14.2. The number of benzene rings is 3. The van der Waals surface area contributed by atoms with Crippen LogP contribution in [0.1, 0.15) is 16.7 Å². The maximum absolute atomic E-state index is 14.2. The molecule has 0 heterocycles. The molecular formula is C25H23Cl2FN2O2. The minimum atomic E-state index is -0.812. The largest absolute Gasteiger partial charge is 0.357 e. The van der Waals surface area contributed by atoms with E-state index in [4.69, 9.17) is 23.2 Å². The van der Waals surface area contributed by atoms with Gasteiger partial charge in [-0.3, -0.25) is 9.59 Å². The number of rotatable bonds is 8. The third-order valence-corrected chi connectivity index (χ3v) is 5.76. The van der Waals surface area contributed by atoms with Crippen LogP contribution in [0.5, 0.6) is 0 Å². The Kier molecular flexibility index (Phi) is 8.26. The Morgan fingerprint density at radius 3 is 2.31 bits per heavy atom. The summed E-state index contributed by atoms with van der Waals surface area (Å²) in [6.07, 6.45) is 0.120. The molecule has 1 unspecified atom stereocenters. The Bertz CT molecular complexity index is 1090. The average molecular weight is 473 g/mol. The summed E-state index contributed by atoms with van der Waals surface area (Å²) in [7, 11) is 1.52. The fraction of sp³-hybridized carbons (Fsp3) is 0.200. The van der Waals surface area contributed by atoms with E-state index in [0.717, 1.165) is 5.56 Å². The second-order valence-electron chi connectivity index (χ2n) is 7.35. The fourth-order valence-corrected chi connectivity index (χ4v) is 3.93. The zero-order valence-corrected chi connectivity index (χ0v) is 19.0. The highest BCUT2D eigenvalue weighted by atomic mass is 35.5. The Labute approximate surface area is 197 Å². The number of nitrogens with zero attached hydrogens (tertiary/aromatic N) is 1. The Morgan fingerprint density at radius 2 is 1.66 bits per heavy atom. The van der Waals surface area contributed by atoms with Crippen LogP contribution in [0.2, 0.25) is 10.0 Å². The van der Waals surface area contributed by atoms with E-state index in [-0.39, 0.29) is 30.3 Å². The van der Waals surface area contributed by atoms with Crippen LogP contribution in [0.4, 0.5) is 4.39 Å². The van der Waals surface area contributed by atoms with E-state index < -0.39 is 11.9 Å². The Hall–Kier alpha value is -2.89. The smallest absolute Gasteiger partial charge is 0.242 e. The third kappa shape index (κ3) is 6.09. The van der Waals surface area contributed by atoms with Crippen LogP contribution in [0, 0.1) is 5.82 Å². The molecule has 3 rings (SSSR count). The van der Waals surface area contributed by atoms with E-state index >= 15 is 0 Å². The van der Waals surface area contributed by atoms with Gasteiger partial charge in [-0.05, 0) is 34.9 Å². The molecule has 3 aromatic carbocycles. The lowest BCUT2D eigenvalue weighted by Crippen LogP contribution is -2.50. The number of hydrogen-bond donors (Lipinski definition) is 1. The van der Waals surface area contributed by atoms with Gasteiger partial charge in [0.2, 0.25) is 11.8 Å². The monoisotopic (exact) mass is 472 g/mol. The molecule has 0 radical (unpaired) electrons. The third-order valence-electron chi connectivity index (χ3n) is 5.17. The van der Waals surface area contributed by atoms with Gasteiger partial charge in [-0.1, -0.05) is 77.8 Å². The first-order valence-corrected chi connectivity index (χ1v) is 10.9. The van der Waals surface area contributed by atoms with Crippen molar-refractivity contribution in [3.8, 4) is 0 Å². The van der Waals surface area contributed by atoms with Gasteiger partial charge in [0.1, 0.15) is 11.9 Å². The van der Waals surface area contributed by atoms with Gasteiger partial charge in [-0.15, -0.1) is 0 Å². The highest BCUT2D eigenvalue weighted by Crippen LogP contribution is 2.24. The second-order valence-corrected chi connectivity index (χ2v) is 8.19. The summed E-state index contributed by atoms with van der Waals surface area (Å²) in [5.41, 5.74) is 1.80. The van der Waals surface area contributed by atoms with E-state index in [1.165, 1.54) is 18.0 Å². The van der Waals surface area contributed by atoms with E-state index in [2.05, 4.69) is 5.32 Å². The Balaban J connectivity index is 1.98. The lowest BCUT2D eigenvalue weighted by molar-refractivity contribution is -0.140. The number of carbonyl (C=O) groups excluding carboxylic acids is 2. The molecule has 4 nitrogen and oxygen atoms in total. The molecule has 1 atom stereocenters. The maximum Gasteiger partial charge on any atom is 0.242 e. The predicted octanol–water partition coefficient (Wildman–Crippen LogP) is 5.06. The van der Waals surface area contributed by atoms with E-state index in [0.29, 0.717) is 22.0 Å². The van der Waals surface area contributed by atoms with Crippen LogP contribution >= 0.6 is 23.2 Å². The number of halogens is 3. The number of carbonyl (C=O) groups is 2. The van der Waals surface area contributed by atoms with Crippen molar-refractivity contribution in [3.63, 3.8) is 0 Å². The van der Waals surface area contributed by atoms with Crippen molar-refractivity contribution >= 4 is 35.0 Å². The number of nitrogens with one attached hydrogen (secondary N) is 1. The molecule has 2 amide bonds. The minimum Gasteiger partial charge on any atom is -0.357 e. The van der Waals surface area contributed by atoms with Gasteiger partial charge in [0.15, 0.2) is 0 Å². The molecule has 0 aliphatic heterocycles. The zero-order valence-electron chi connectivity index (χ0n) is 17.5. The highest BCUT2D eigenvalue weighted by molar-refractivity contribution is 6.35. The van der Waals surface area contributed by atoms with Crippen molar-refractivity contribution in [2.75, 3.05) is 7.05 Å². The van der Waals surface area contributed by atoms with Crippen LogP contribution in [-0.2, 0) is 29.0 Å². The summed E-state index contributed by atoms with van der Waals surface area (Å²) in [5.74, 6) is -1.17. The minimum absolute atomic E-state index is 0.0776. The molecule has 0 fully saturated rings. The molecule has 3 aromatic rings. The van der Waals surface area contributed by atoms with Crippen LogP contribution in [-0.4, -0.2) is 29.8 Å². The standard InChI is InChI=1S/C25H23Cl2FN2O2/c1-29-25(32)23(13-17-7-3-2-4-8-17)30(16-19-11-12-20(26)15-21(19)27)24(31)14-18-9-5-6-10-22(18)28/h2-12,15,23H,13-14,16H2,1H3,(H,29,32). The van der Waals surface area contributed by atoms with Crippen molar-refractivity contribution in [1.82, 2.24) is 10.2 Å². The fourth-order valence-electron chi connectivity index (χ4n) is 3.46. The predicted molar refractivity (Wildman–Crippen MR) is 125 cm³/mol. The summed E-state index contributed by atoms with van der Waals surface area (Å²) >= 11 is 12.4. The molecule has 0 bridgehead atoms. The zero-order chi connectivity index (χ0) is 23.1. The first-order valence-electron chi connectivity index (χ1n) is 10.1. The molecule has 0 spiro atoms. The number of amides is 2. The molecular weight excluding hydrogens is 450 g/mol. The number of likely N-dealkylation sites (N-methyl/N-ethyl adjacent to an activating group) is 1. The van der Waals surface area contributed by atoms with Crippen molar-refractivity contribution in [1.29, 1.82) is 0 Å².